The fraction of sp³-hybridized carbons (Fsp3) is 0.562. The van der Waals surface area contributed by atoms with Crippen molar-refractivity contribution >= 4 is 33.6 Å². The van der Waals surface area contributed by atoms with E-state index >= 15 is 0 Å². The van der Waals surface area contributed by atoms with Crippen LogP contribution in [-0.2, 0) is 4.79 Å². The van der Waals surface area contributed by atoms with Gasteiger partial charge in [0.25, 0.3) is 11.8 Å². The highest BCUT2D eigenvalue weighted by molar-refractivity contribution is 9.10. The van der Waals surface area contributed by atoms with Crippen LogP contribution in [0.3, 0.4) is 0 Å². The first-order valence-corrected chi connectivity index (χ1v) is 8.71. The summed E-state index contributed by atoms with van der Waals surface area (Å²) in [5.41, 5.74) is 0.310. The van der Waals surface area contributed by atoms with Gasteiger partial charge in [0.05, 0.1) is 16.4 Å². The van der Waals surface area contributed by atoms with E-state index in [1.54, 1.807) is 6.92 Å². The molecule has 0 aromatic carbocycles. The Labute approximate surface area is 149 Å². The minimum absolute atomic E-state index is 0.0921. The summed E-state index contributed by atoms with van der Waals surface area (Å²) in [6, 6.07) is 0.0921. The summed E-state index contributed by atoms with van der Waals surface area (Å²) in [6.07, 6.45) is 2.35. The summed E-state index contributed by atoms with van der Waals surface area (Å²) < 4.78 is 1.86. The maximum atomic E-state index is 12.8. The molecule has 1 fully saturated rings. The molecule has 2 rings (SSSR count). The zero-order valence-corrected chi connectivity index (χ0v) is 15.9. The average molecular weight is 399 g/mol. The summed E-state index contributed by atoms with van der Waals surface area (Å²) in [7, 11) is 1.86. The number of halogens is 1. The van der Waals surface area contributed by atoms with Gasteiger partial charge in [-0.15, -0.1) is 0 Å². The van der Waals surface area contributed by atoms with Crippen LogP contribution < -0.4 is 10.2 Å². The Balaban J connectivity index is 2.33. The number of hydrogen-bond donors (Lipinski definition) is 2. The first-order chi connectivity index (χ1) is 11.3. The van der Waals surface area contributed by atoms with E-state index in [-0.39, 0.29) is 11.6 Å². The van der Waals surface area contributed by atoms with Crippen molar-refractivity contribution in [3.05, 3.63) is 22.0 Å². The lowest BCUT2D eigenvalue weighted by molar-refractivity contribution is -0.117. The molecule has 7 nitrogen and oxygen atoms in total. The van der Waals surface area contributed by atoms with E-state index in [0.29, 0.717) is 34.7 Å². The number of aromatic nitrogens is 2. The highest BCUT2D eigenvalue weighted by Gasteiger charge is 2.31. The summed E-state index contributed by atoms with van der Waals surface area (Å²) >= 11 is 3.46. The van der Waals surface area contributed by atoms with Gasteiger partial charge in [-0.25, -0.2) is 0 Å². The Hall–Kier alpha value is -1.83. The highest BCUT2D eigenvalue weighted by Crippen LogP contribution is 2.30. The van der Waals surface area contributed by atoms with E-state index in [0.717, 1.165) is 17.5 Å². The number of anilines is 1. The van der Waals surface area contributed by atoms with Crippen LogP contribution >= 0.6 is 15.9 Å². The number of nitrogens with zero attached hydrogens (tertiary/aromatic N) is 3. The van der Waals surface area contributed by atoms with Crippen LogP contribution in [0.25, 0.3) is 0 Å². The topological polar surface area (TPSA) is 87.5 Å². The van der Waals surface area contributed by atoms with E-state index in [2.05, 4.69) is 40.2 Å². The zero-order chi connectivity index (χ0) is 18.0. The zero-order valence-electron chi connectivity index (χ0n) is 14.3. The fourth-order valence-corrected chi connectivity index (χ4v) is 2.97. The lowest BCUT2D eigenvalue weighted by atomic mass is 10.2. The van der Waals surface area contributed by atoms with Crippen LogP contribution in [0.1, 0.15) is 37.2 Å². The molecule has 132 valence electrons. The number of aliphatic hydroxyl groups is 1. The first kappa shape index (κ1) is 18.5. The Morgan fingerprint density at radius 2 is 2.12 bits per heavy atom. The van der Waals surface area contributed by atoms with Gasteiger partial charge >= 0.3 is 0 Å². The molecule has 24 heavy (non-hydrogen) atoms. The van der Waals surface area contributed by atoms with Crippen molar-refractivity contribution < 1.29 is 14.7 Å². The highest BCUT2D eigenvalue weighted by atomic mass is 79.9. The van der Waals surface area contributed by atoms with Gasteiger partial charge in [0.1, 0.15) is 11.4 Å². The molecule has 0 saturated heterocycles. The van der Waals surface area contributed by atoms with Crippen molar-refractivity contribution in [2.75, 3.05) is 18.5 Å². The minimum atomic E-state index is -0.657. The van der Waals surface area contributed by atoms with Crippen LogP contribution in [0, 0.1) is 12.8 Å². The molecule has 0 atom stereocenters. The molecule has 1 aromatic heterocycles. The Kier molecular flexibility index (Phi) is 5.69. The second-order valence-corrected chi connectivity index (χ2v) is 7.30. The Bertz CT molecular complexity index is 677. The molecule has 0 aliphatic heterocycles. The molecule has 1 aromatic rings. The summed E-state index contributed by atoms with van der Waals surface area (Å²) in [5.74, 6) is -0.293. The van der Waals surface area contributed by atoms with Crippen LogP contribution in [0.4, 0.5) is 5.82 Å². The largest absolute Gasteiger partial charge is 0.515 e. The Morgan fingerprint density at radius 3 is 2.62 bits per heavy atom. The lowest BCUT2D eigenvalue weighted by Crippen LogP contribution is -2.34. The van der Waals surface area contributed by atoms with E-state index in [1.165, 1.54) is 0 Å². The molecule has 1 aliphatic rings. The van der Waals surface area contributed by atoms with Gasteiger partial charge in [-0.1, -0.05) is 13.8 Å². The maximum absolute atomic E-state index is 12.8. The van der Waals surface area contributed by atoms with Gasteiger partial charge in [0.15, 0.2) is 0 Å². The van der Waals surface area contributed by atoms with Crippen LogP contribution in [0.2, 0.25) is 0 Å². The van der Waals surface area contributed by atoms with Crippen LogP contribution in [-0.4, -0.2) is 46.3 Å². The molecule has 1 amide bonds. The Morgan fingerprint density at radius 1 is 1.50 bits per heavy atom. The number of hydrogen-bond acceptors (Lipinski definition) is 5. The molecule has 1 aliphatic carbocycles. The second kappa shape index (κ2) is 7.38. The molecule has 1 saturated carbocycles. The molecular formula is C16H23BrN4O3. The third kappa shape index (κ3) is 3.98. The minimum Gasteiger partial charge on any atom is -0.515 e. The van der Waals surface area contributed by atoms with E-state index < -0.39 is 11.8 Å². The maximum Gasteiger partial charge on any atom is 0.288 e. The number of amides is 1. The predicted molar refractivity (Wildman–Crippen MR) is 95.3 cm³/mol. The summed E-state index contributed by atoms with van der Waals surface area (Å²) in [5, 5.41) is 16.3. The number of nitrogens with one attached hydrogen (secondary N) is 1. The SMILES string of the molecule is Cc1nn(C(=O)C(=CO)C(=O)NC2CC2)c(N(C)CC(C)C)c1Br. The van der Waals surface area contributed by atoms with Gasteiger partial charge in [-0.3, -0.25) is 9.59 Å². The molecule has 2 N–H and O–H groups in total. The second-order valence-electron chi connectivity index (χ2n) is 6.50. The van der Waals surface area contributed by atoms with E-state index in [9.17, 15) is 14.7 Å². The molecule has 1 heterocycles. The van der Waals surface area contributed by atoms with Crippen molar-refractivity contribution in [2.45, 2.75) is 39.7 Å². The number of carbonyl (C=O) groups excluding carboxylic acids is 2. The molecule has 0 radical (unpaired) electrons. The number of aliphatic hydroxyl groups excluding tert-OH is 1. The van der Waals surface area contributed by atoms with Gasteiger partial charge in [-0.2, -0.15) is 9.78 Å². The van der Waals surface area contributed by atoms with Gasteiger partial charge in [0, 0.05) is 19.6 Å². The fourth-order valence-electron chi connectivity index (χ4n) is 2.42. The average Bonchev–Trinajstić information content (AvgIpc) is 3.24. The van der Waals surface area contributed by atoms with Crippen molar-refractivity contribution in [2.24, 2.45) is 5.92 Å². The van der Waals surface area contributed by atoms with Crippen LogP contribution in [0.15, 0.2) is 16.3 Å². The molecule has 0 spiro atoms. The summed E-state index contributed by atoms with van der Waals surface area (Å²) in [4.78, 5) is 26.8. The molecule has 0 unspecified atom stereocenters. The standard InChI is InChI=1S/C16H23BrN4O3/c1-9(2)7-20(4)15-13(17)10(3)19-21(15)16(24)12(8-22)14(23)18-11-5-6-11/h8-9,11,22H,5-7H2,1-4H3,(H,18,23). The van der Waals surface area contributed by atoms with Crippen molar-refractivity contribution in [3.63, 3.8) is 0 Å². The quantitative estimate of drug-likeness (QED) is 0.332. The van der Waals surface area contributed by atoms with Crippen molar-refractivity contribution in [1.29, 1.82) is 0 Å². The molecule has 0 bridgehead atoms. The van der Waals surface area contributed by atoms with Gasteiger partial charge in [-0.05, 0) is 41.6 Å². The number of rotatable bonds is 6. The normalized spacial score (nSPS) is 14.8. The lowest BCUT2D eigenvalue weighted by Gasteiger charge is -2.22. The number of carbonyl (C=O) groups is 2. The van der Waals surface area contributed by atoms with Crippen molar-refractivity contribution in [1.82, 2.24) is 15.1 Å². The van der Waals surface area contributed by atoms with E-state index in [1.807, 2.05) is 11.9 Å². The van der Waals surface area contributed by atoms with Crippen molar-refractivity contribution in [3.8, 4) is 0 Å². The molecule has 8 heteroatoms. The van der Waals surface area contributed by atoms with E-state index in [4.69, 9.17) is 0 Å². The number of aryl methyl sites for hydroxylation is 1. The van der Waals surface area contributed by atoms with Crippen LogP contribution in [0.5, 0.6) is 0 Å². The third-order valence-electron chi connectivity index (χ3n) is 3.67. The predicted octanol–water partition coefficient (Wildman–Crippen LogP) is 2.41. The van der Waals surface area contributed by atoms with Gasteiger partial charge in [0.2, 0.25) is 0 Å². The monoisotopic (exact) mass is 398 g/mol. The summed E-state index contributed by atoms with van der Waals surface area (Å²) in [6.45, 7) is 6.63. The smallest absolute Gasteiger partial charge is 0.288 e. The third-order valence-corrected chi connectivity index (χ3v) is 4.60. The first-order valence-electron chi connectivity index (χ1n) is 7.92. The van der Waals surface area contributed by atoms with Gasteiger partial charge < -0.3 is 15.3 Å². The molecular weight excluding hydrogens is 376 g/mol.